The highest BCUT2D eigenvalue weighted by molar-refractivity contribution is 5.95. The molecule has 1 aliphatic rings. The highest BCUT2D eigenvalue weighted by atomic mass is 16.3. The number of nitrogens with zero attached hydrogens (tertiary/aromatic N) is 4. The summed E-state index contributed by atoms with van der Waals surface area (Å²) in [6, 6.07) is 12.9. The van der Waals surface area contributed by atoms with Crippen LogP contribution in [0.15, 0.2) is 60.9 Å². The first-order valence-electron chi connectivity index (χ1n) is 8.90. The van der Waals surface area contributed by atoms with Gasteiger partial charge >= 0.3 is 0 Å². The van der Waals surface area contributed by atoms with Crippen LogP contribution < -0.4 is 5.32 Å². The predicted molar refractivity (Wildman–Crippen MR) is 100 cm³/mol. The van der Waals surface area contributed by atoms with Crippen LogP contribution >= 0.6 is 0 Å². The Morgan fingerprint density at radius 2 is 2.04 bits per heavy atom. The molecular weight excluding hydrogens is 358 g/mol. The second-order valence-corrected chi connectivity index (χ2v) is 6.56. The van der Waals surface area contributed by atoms with Gasteiger partial charge in [-0.25, -0.2) is 0 Å². The van der Waals surface area contributed by atoms with E-state index < -0.39 is 6.04 Å². The third-order valence-electron chi connectivity index (χ3n) is 4.65. The van der Waals surface area contributed by atoms with Crippen molar-refractivity contribution in [1.29, 1.82) is 0 Å². The molecule has 0 saturated heterocycles. The summed E-state index contributed by atoms with van der Waals surface area (Å²) < 4.78 is 1.65. The molecule has 0 radical (unpaired) electrons. The van der Waals surface area contributed by atoms with E-state index in [1.54, 1.807) is 40.2 Å². The molecule has 1 aromatic carbocycles. The molecule has 4 rings (SSSR count). The van der Waals surface area contributed by atoms with Crippen LogP contribution in [-0.4, -0.2) is 43.1 Å². The standard InChI is InChI=1S/C20H19N5O3/c26-17-6-3-4-14(10-17)20(28)24-12-16-7-9-23-25(16)18(13-24)19(27)22-11-15-5-1-2-8-21-15/h1-10,18,26H,11-13H2,(H,22,27). The second-order valence-electron chi connectivity index (χ2n) is 6.56. The van der Waals surface area contributed by atoms with Crippen molar-refractivity contribution in [3.8, 4) is 5.75 Å². The highest BCUT2D eigenvalue weighted by Crippen LogP contribution is 2.23. The number of aromatic hydroxyl groups is 1. The van der Waals surface area contributed by atoms with Crippen molar-refractivity contribution >= 4 is 11.8 Å². The van der Waals surface area contributed by atoms with Gasteiger partial charge < -0.3 is 15.3 Å². The Bertz CT molecular complexity index is 1000. The van der Waals surface area contributed by atoms with Crippen molar-refractivity contribution in [3.05, 3.63) is 77.9 Å². The summed E-state index contributed by atoms with van der Waals surface area (Å²) in [7, 11) is 0. The molecule has 1 atom stereocenters. The summed E-state index contributed by atoms with van der Waals surface area (Å²) in [6.45, 7) is 0.836. The minimum Gasteiger partial charge on any atom is -0.508 e. The zero-order valence-corrected chi connectivity index (χ0v) is 15.0. The van der Waals surface area contributed by atoms with Gasteiger partial charge in [0.25, 0.3) is 5.91 Å². The van der Waals surface area contributed by atoms with Crippen LogP contribution in [0.25, 0.3) is 0 Å². The zero-order chi connectivity index (χ0) is 19.5. The largest absolute Gasteiger partial charge is 0.508 e. The van der Waals surface area contributed by atoms with Crippen molar-refractivity contribution in [1.82, 2.24) is 25.0 Å². The molecule has 2 N–H and O–H groups in total. The van der Waals surface area contributed by atoms with Gasteiger partial charge in [-0.05, 0) is 36.4 Å². The van der Waals surface area contributed by atoms with Crippen LogP contribution in [0.2, 0.25) is 0 Å². The number of carbonyl (C=O) groups excluding carboxylic acids is 2. The number of carbonyl (C=O) groups is 2. The molecule has 3 heterocycles. The lowest BCUT2D eigenvalue weighted by Crippen LogP contribution is -2.47. The molecule has 0 spiro atoms. The number of phenols is 1. The van der Waals surface area contributed by atoms with Gasteiger partial charge in [0.2, 0.25) is 5.91 Å². The maximum atomic E-state index is 12.9. The predicted octanol–water partition coefficient (Wildman–Crippen LogP) is 1.50. The van der Waals surface area contributed by atoms with Gasteiger partial charge in [0.05, 0.1) is 31.0 Å². The number of amides is 2. The minimum atomic E-state index is -0.635. The Morgan fingerprint density at radius 1 is 1.14 bits per heavy atom. The second kappa shape index (κ2) is 7.51. The molecule has 0 fully saturated rings. The third kappa shape index (κ3) is 3.57. The number of aromatic nitrogens is 3. The van der Waals surface area contributed by atoms with E-state index >= 15 is 0 Å². The molecule has 1 unspecified atom stereocenters. The van der Waals surface area contributed by atoms with Gasteiger partial charge in [-0.3, -0.25) is 19.3 Å². The molecule has 0 aliphatic carbocycles. The number of pyridine rings is 1. The number of benzene rings is 1. The quantitative estimate of drug-likeness (QED) is 0.718. The molecular formula is C20H19N5O3. The first kappa shape index (κ1) is 17.7. The summed E-state index contributed by atoms with van der Waals surface area (Å²) in [5.74, 6) is -0.451. The fourth-order valence-electron chi connectivity index (χ4n) is 3.26. The van der Waals surface area contributed by atoms with Crippen molar-refractivity contribution in [3.63, 3.8) is 0 Å². The van der Waals surface area contributed by atoms with Crippen LogP contribution in [0.4, 0.5) is 0 Å². The minimum absolute atomic E-state index is 0.0255. The van der Waals surface area contributed by atoms with Crippen molar-refractivity contribution in [2.24, 2.45) is 0 Å². The number of fused-ring (bicyclic) bond motifs is 1. The molecule has 2 amide bonds. The lowest BCUT2D eigenvalue weighted by molar-refractivity contribution is -0.125. The Balaban J connectivity index is 1.52. The molecule has 2 aromatic heterocycles. The van der Waals surface area contributed by atoms with Gasteiger partial charge in [-0.15, -0.1) is 0 Å². The summed E-state index contributed by atoms with van der Waals surface area (Å²) >= 11 is 0. The van der Waals surface area contributed by atoms with E-state index in [9.17, 15) is 14.7 Å². The van der Waals surface area contributed by atoms with Gasteiger partial charge in [-0.1, -0.05) is 12.1 Å². The summed E-state index contributed by atoms with van der Waals surface area (Å²) in [5.41, 5.74) is 1.90. The zero-order valence-electron chi connectivity index (χ0n) is 15.0. The molecule has 8 heteroatoms. The Labute approximate surface area is 161 Å². The smallest absolute Gasteiger partial charge is 0.254 e. The number of nitrogens with one attached hydrogen (secondary N) is 1. The van der Waals surface area contributed by atoms with E-state index in [0.29, 0.717) is 18.7 Å². The van der Waals surface area contributed by atoms with E-state index in [1.165, 1.54) is 12.1 Å². The van der Waals surface area contributed by atoms with Gasteiger partial charge in [0.15, 0.2) is 0 Å². The molecule has 0 saturated carbocycles. The maximum Gasteiger partial charge on any atom is 0.254 e. The fourth-order valence-corrected chi connectivity index (χ4v) is 3.26. The van der Waals surface area contributed by atoms with Crippen molar-refractivity contribution in [2.45, 2.75) is 19.1 Å². The Hall–Kier alpha value is -3.68. The summed E-state index contributed by atoms with van der Waals surface area (Å²) in [4.78, 5) is 31.5. The van der Waals surface area contributed by atoms with Crippen molar-refractivity contribution in [2.75, 3.05) is 6.54 Å². The molecule has 3 aromatic rings. The SMILES string of the molecule is O=C(NCc1ccccn1)C1CN(C(=O)c2cccc(O)c2)Cc2ccnn21. The molecule has 8 nitrogen and oxygen atoms in total. The summed E-state index contributed by atoms with van der Waals surface area (Å²) in [5, 5.41) is 16.8. The molecule has 0 bridgehead atoms. The molecule has 142 valence electrons. The third-order valence-corrected chi connectivity index (χ3v) is 4.65. The van der Waals surface area contributed by atoms with Crippen LogP contribution in [0.1, 0.15) is 27.8 Å². The Kier molecular flexibility index (Phi) is 4.76. The van der Waals surface area contributed by atoms with Crippen LogP contribution in [0, 0.1) is 0 Å². The van der Waals surface area contributed by atoms with Crippen LogP contribution in [0.5, 0.6) is 5.75 Å². The first-order chi connectivity index (χ1) is 13.6. The normalized spacial score (nSPS) is 15.7. The number of hydrogen-bond donors (Lipinski definition) is 2. The lowest BCUT2D eigenvalue weighted by atomic mass is 10.1. The van der Waals surface area contributed by atoms with Gasteiger partial charge in [0, 0.05) is 18.0 Å². The van der Waals surface area contributed by atoms with Crippen LogP contribution in [-0.2, 0) is 17.9 Å². The molecule has 28 heavy (non-hydrogen) atoms. The molecule has 1 aliphatic heterocycles. The lowest BCUT2D eigenvalue weighted by Gasteiger charge is -2.33. The maximum absolute atomic E-state index is 12.9. The van der Waals surface area contributed by atoms with Gasteiger partial charge in [0.1, 0.15) is 11.8 Å². The first-order valence-corrected chi connectivity index (χ1v) is 8.90. The Morgan fingerprint density at radius 3 is 2.82 bits per heavy atom. The topological polar surface area (TPSA) is 100 Å². The van der Waals surface area contributed by atoms with E-state index in [-0.39, 0.29) is 24.1 Å². The number of rotatable bonds is 4. The average molecular weight is 377 g/mol. The monoisotopic (exact) mass is 377 g/mol. The van der Waals surface area contributed by atoms with Crippen LogP contribution in [0.3, 0.4) is 0 Å². The highest BCUT2D eigenvalue weighted by Gasteiger charge is 2.33. The average Bonchev–Trinajstić information content (AvgIpc) is 3.20. The van der Waals surface area contributed by atoms with E-state index in [0.717, 1.165) is 11.4 Å². The van der Waals surface area contributed by atoms with Crippen molar-refractivity contribution < 1.29 is 14.7 Å². The number of phenolic OH excluding ortho intramolecular Hbond substituents is 1. The van der Waals surface area contributed by atoms with Gasteiger partial charge in [-0.2, -0.15) is 5.10 Å². The van der Waals surface area contributed by atoms with E-state index in [4.69, 9.17) is 0 Å². The van der Waals surface area contributed by atoms with E-state index in [2.05, 4.69) is 15.4 Å². The summed E-state index contributed by atoms with van der Waals surface area (Å²) in [6.07, 6.45) is 3.29. The fraction of sp³-hybridized carbons (Fsp3) is 0.200. The number of hydrogen-bond acceptors (Lipinski definition) is 5. The van der Waals surface area contributed by atoms with E-state index in [1.807, 2.05) is 18.2 Å².